The van der Waals surface area contributed by atoms with Gasteiger partial charge < -0.3 is 15.1 Å². The zero-order valence-corrected chi connectivity index (χ0v) is 19.1. The molecule has 2 aromatic rings. The molecule has 0 saturated carbocycles. The molecule has 3 N–H and O–H groups in total. The Morgan fingerprint density at radius 2 is 1.97 bits per heavy atom. The molecule has 1 heterocycles. The van der Waals surface area contributed by atoms with Crippen molar-refractivity contribution in [2.75, 3.05) is 29.7 Å². The number of thioether (sulfide) groups is 1. The van der Waals surface area contributed by atoms with Crippen molar-refractivity contribution in [2.24, 2.45) is 0 Å². The number of unbranched alkanes of at least 4 members (excludes halogenated alkanes) is 1. The summed E-state index contributed by atoms with van der Waals surface area (Å²) in [6.07, 6.45) is 2.22. The van der Waals surface area contributed by atoms with E-state index < -0.39 is 11.6 Å². The van der Waals surface area contributed by atoms with E-state index in [2.05, 4.69) is 38.2 Å². The summed E-state index contributed by atoms with van der Waals surface area (Å²) in [5.41, 5.74) is 0.256. The molecule has 1 aromatic carbocycles. The zero-order chi connectivity index (χ0) is 21.9. The van der Waals surface area contributed by atoms with Gasteiger partial charge in [-0.15, -0.1) is 0 Å². The molecule has 1 aromatic heterocycles. The van der Waals surface area contributed by atoms with Crippen molar-refractivity contribution in [2.45, 2.75) is 50.6 Å². The first kappa shape index (κ1) is 24.6. The summed E-state index contributed by atoms with van der Waals surface area (Å²) in [5, 5.41) is 12.9. The Morgan fingerprint density at radius 3 is 2.67 bits per heavy atom. The zero-order valence-electron chi connectivity index (χ0n) is 17.5. The molecule has 0 amide bonds. The Balaban J connectivity index is 2.14. The monoisotopic (exact) mass is 457 g/mol. The lowest BCUT2D eigenvalue weighted by Crippen LogP contribution is -2.21. The van der Waals surface area contributed by atoms with Gasteiger partial charge in [0.2, 0.25) is 0 Å². The van der Waals surface area contributed by atoms with Gasteiger partial charge in [0, 0.05) is 48.6 Å². The van der Waals surface area contributed by atoms with Gasteiger partial charge in [0.25, 0.3) is 0 Å². The lowest BCUT2D eigenvalue weighted by molar-refractivity contribution is 0.281. The highest BCUT2D eigenvalue weighted by Gasteiger charge is 2.12. The van der Waals surface area contributed by atoms with Crippen molar-refractivity contribution in [1.29, 1.82) is 0 Å². The summed E-state index contributed by atoms with van der Waals surface area (Å²) in [6.45, 7) is 7.89. The average molecular weight is 458 g/mol. The maximum atomic E-state index is 13.9. The van der Waals surface area contributed by atoms with Gasteiger partial charge in [0.15, 0.2) is 16.8 Å². The van der Waals surface area contributed by atoms with Gasteiger partial charge in [-0.2, -0.15) is 0 Å². The normalized spacial score (nSPS) is 12.2. The Bertz CT molecular complexity index is 800. The second kappa shape index (κ2) is 12.9. The fourth-order valence-electron chi connectivity index (χ4n) is 2.43. The van der Waals surface area contributed by atoms with Gasteiger partial charge in [-0.25, -0.2) is 23.1 Å². The summed E-state index contributed by atoms with van der Waals surface area (Å²) in [5.74, 6) is -0.371. The Kier molecular flexibility index (Phi) is 10.6. The van der Waals surface area contributed by atoms with Gasteiger partial charge in [-0.05, 0) is 19.4 Å². The van der Waals surface area contributed by atoms with Crippen LogP contribution in [0.5, 0.6) is 0 Å². The van der Waals surface area contributed by atoms with Crippen LogP contribution in [0, 0.1) is 11.6 Å². The molecule has 0 aliphatic rings. The highest BCUT2D eigenvalue weighted by Crippen LogP contribution is 2.26. The van der Waals surface area contributed by atoms with E-state index in [0.29, 0.717) is 16.8 Å². The number of rotatable bonds is 13. The van der Waals surface area contributed by atoms with E-state index in [1.165, 1.54) is 30.0 Å². The quantitative estimate of drug-likeness (QED) is 0.222. The second-order valence-electron chi connectivity index (χ2n) is 6.72. The number of halogens is 2. The molecule has 0 aliphatic carbocycles. The summed E-state index contributed by atoms with van der Waals surface area (Å²) in [4.78, 5) is 8.93. The predicted molar refractivity (Wildman–Crippen MR) is 121 cm³/mol. The third-order valence-electron chi connectivity index (χ3n) is 4.16. The van der Waals surface area contributed by atoms with Crippen LogP contribution in [0.4, 0.5) is 20.4 Å². The number of aliphatic hydroxyl groups excluding tert-OH is 1. The van der Waals surface area contributed by atoms with Crippen LogP contribution in [-0.2, 0) is 5.75 Å². The third-order valence-corrected chi connectivity index (χ3v) is 6.05. The molecule has 0 radical (unpaired) electrons. The second-order valence-corrected chi connectivity index (χ2v) is 8.56. The van der Waals surface area contributed by atoms with E-state index in [0.717, 1.165) is 32.0 Å². The molecule has 10 heteroatoms. The molecule has 0 aliphatic heterocycles. The first-order valence-corrected chi connectivity index (χ1v) is 11.7. The number of aliphatic hydroxyl groups is 1. The number of nitrogens with zero attached hydrogens (tertiary/aromatic N) is 3. The van der Waals surface area contributed by atoms with Crippen LogP contribution in [0.25, 0.3) is 0 Å². The molecule has 2 rings (SSSR count). The summed E-state index contributed by atoms with van der Waals surface area (Å²) >= 11 is 2.69. The molecule has 0 fully saturated rings. The number of anilines is 2. The van der Waals surface area contributed by atoms with Crippen LogP contribution in [0.1, 0.15) is 39.2 Å². The number of nitrogens with one attached hydrogen (secondary N) is 2. The number of hydrogen-bond donors (Lipinski definition) is 3. The molecule has 30 heavy (non-hydrogen) atoms. The van der Waals surface area contributed by atoms with Gasteiger partial charge >= 0.3 is 0 Å². The summed E-state index contributed by atoms with van der Waals surface area (Å²) < 4.78 is 32.8. The first-order chi connectivity index (χ1) is 14.5. The molecule has 1 atom stereocenters. The molecule has 166 valence electrons. The molecule has 0 spiro atoms. The molecule has 6 nitrogen and oxygen atoms in total. The molecule has 0 unspecified atom stereocenters. The van der Waals surface area contributed by atoms with E-state index in [1.807, 2.05) is 6.92 Å². The van der Waals surface area contributed by atoms with E-state index in [-0.39, 0.29) is 24.0 Å². The minimum absolute atomic E-state index is 0.0425. The van der Waals surface area contributed by atoms with Crippen molar-refractivity contribution in [3.8, 4) is 0 Å². The van der Waals surface area contributed by atoms with E-state index in [4.69, 9.17) is 0 Å². The van der Waals surface area contributed by atoms with Crippen molar-refractivity contribution in [3.63, 3.8) is 0 Å². The highest BCUT2D eigenvalue weighted by molar-refractivity contribution is 7.98. The Morgan fingerprint density at radius 1 is 1.20 bits per heavy atom. The third kappa shape index (κ3) is 7.90. The lowest BCUT2D eigenvalue weighted by atomic mass is 10.2. The van der Waals surface area contributed by atoms with Crippen LogP contribution >= 0.6 is 23.9 Å². The molecular formula is C20H29F2N5OS2. The van der Waals surface area contributed by atoms with Gasteiger partial charge in [-0.1, -0.05) is 44.2 Å². The van der Waals surface area contributed by atoms with Crippen LogP contribution in [0.15, 0.2) is 29.4 Å². The van der Waals surface area contributed by atoms with E-state index in [9.17, 15) is 13.9 Å². The number of hydrogen-bond acceptors (Lipinski definition) is 8. The van der Waals surface area contributed by atoms with Crippen LogP contribution in [-0.4, -0.2) is 45.1 Å². The molecular weight excluding hydrogens is 428 g/mol. The standard InChI is InChI=1S/C20H29F2N5OS2/c1-4-6-10-27(5-2)30-26-18-11-17(23-14(3)12-28)24-20(25-18)29-13-15-8-7-9-16(21)19(15)22/h7-9,11,14,28H,4-6,10,12-13H2,1-3H3,(H2,23,24,25,26)/t14-/m1/s1. The van der Waals surface area contributed by atoms with Crippen molar-refractivity contribution in [3.05, 3.63) is 41.5 Å². The maximum absolute atomic E-state index is 13.9. The molecule has 0 bridgehead atoms. The van der Waals surface area contributed by atoms with Crippen molar-refractivity contribution >= 4 is 35.5 Å². The van der Waals surface area contributed by atoms with Crippen LogP contribution in [0.2, 0.25) is 0 Å². The largest absolute Gasteiger partial charge is 0.394 e. The Hall–Kier alpha value is -1.62. The van der Waals surface area contributed by atoms with Gasteiger partial charge in [0.1, 0.15) is 11.6 Å². The molecule has 0 saturated heterocycles. The highest BCUT2D eigenvalue weighted by atomic mass is 32.2. The summed E-state index contributed by atoms with van der Waals surface area (Å²) in [7, 11) is 0. The topological polar surface area (TPSA) is 73.3 Å². The van der Waals surface area contributed by atoms with E-state index in [1.54, 1.807) is 12.1 Å². The van der Waals surface area contributed by atoms with E-state index >= 15 is 0 Å². The van der Waals surface area contributed by atoms with Crippen molar-refractivity contribution in [1.82, 2.24) is 14.3 Å². The van der Waals surface area contributed by atoms with Gasteiger partial charge in [0.05, 0.1) is 6.61 Å². The first-order valence-electron chi connectivity index (χ1n) is 9.96. The maximum Gasteiger partial charge on any atom is 0.191 e. The van der Waals surface area contributed by atoms with Crippen LogP contribution in [0.3, 0.4) is 0 Å². The van der Waals surface area contributed by atoms with Crippen molar-refractivity contribution < 1.29 is 13.9 Å². The minimum Gasteiger partial charge on any atom is -0.394 e. The number of benzene rings is 1. The minimum atomic E-state index is -0.869. The smallest absolute Gasteiger partial charge is 0.191 e. The fraction of sp³-hybridized carbons (Fsp3) is 0.500. The lowest BCUT2D eigenvalue weighted by Gasteiger charge is -2.19. The SMILES string of the molecule is CCCCN(CC)SNc1cc(N[C@H](C)CO)nc(SCc2cccc(F)c2F)n1. The predicted octanol–water partition coefficient (Wildman–Crippen LogP) is 4.94. The van der Waals surface area contributed by atoms with Crippen LogP contribution < -0.4 is 10.0 Å². The summed E-state index contributed by atoms with van der Waals surface area (Å²) in [6, 6.07) is 5.70. The average Bonchev–Trinajstić information content (AvgIpc) is 2.74. The Labute approximate surface area is 185 Å². The van der Waals surface area contributed by atoms with Gasteiger partial charge in [-0.3, -0.25) is 0 Å². The fourth-order valence-corrected chi connectivity index (χ4v) is 3.94. The number of aromatic nitrogens is 2.